The van der Waals surface area contributed by atoms with Crippen molar-refractivity contribution in [1.29, 1.82) is 0 Å². The van der Waals surface area contributed by atoms with E-state index in [1.165, 1.54) is 0 Å². The van der Waals surface area contributed by atoms with Gasteiger partial charge in [0.25, 0.3) is 0 Å². The maximum absolute atomic E-state index is 9.89. The molecule has 0 amide bonds. The fourth-order valence-electron chi connectivity index (χ4n) is 0.918. The predicted octanol–water partition coefficient (Wildman–Crippen LogP) is 0.687. The Hall–Kier alpha value is -0.305. The molecule has 0 aliphatic heterocycles. The molecule has 0 spiro atoms. The van der Waals surface area contributed by atoms with Crippen molar-refractivity contribution in [2.24, 2.45) is 0 Å². The summed E-state index contributed by atoms with van der Waals surface area (Å²) >= 11 is 0. The van der Waals surface area contributed by atoms with Crippen LogP contribution < -0.4 is 5.32 Å². The van der Waals surface area contributed by atoms with Crippen LogP contribution in [0.1, 0.15) is 19.8 Å². The van der Waals surface area contributed by atoms with Gasteiger partial charge >= 0.3 is 0 Å². The van der Waals surface area contributed by atoms with Crippen LogP contribution in [0, 0.1) is 0 Å². The van der Waals surface area contributed by atoms with Crippen LogP contribution in [-0.4, -0.2) is 26.6 Å². The molecule has 2 nitrogen and oxygen atoms in total. The Balaban J connectivity index is 3.16. The van der Waals surface area contributed by atoms with Gasteiger partial charge in [0, 0.05) is 6.04 Å². The first-order valence-corrected chi connectivity index (χ1v) is 3.79. The number of hydrogen-bond acceptors (Lipinski definition) is 2. The van der Waals surface area contributed by atoms with Crippen LogP contribution in [-0.2, 0) is 4.79 Å². The van der Waals surface area contributed by atoms with Crippen molar-refractivity contribution in [2.75, 3.05) is 7.05 Å². The normalized spacial score (nSPS) is 12.6. The molecule has 0 aliphatic rings. The highest BCUT2D eigenvalue weighted by Crippen LogP contribution is 1.99. The first kappa shape index (κ1) is 9.69. The van der Waals surface area contributed by atoms with E-state index in [-0.39, 0.29) is 0 Å². The Bertz CT molecular complexity index is 83.7. The molecule has 3 heteroatoms. The SMILES string of the molecule is CC[C@H](CC[B]C=O)NC. The number of hydrogen-bond donors (Lipinski definition) is 1. The van der Waals surface area contributed by atoms with Gasteiger partial charge in [0.05, 0.1) is 6.19 Å². The van der Waals surface area contributed by atoms with Gasteiger partial charge in [-0.2, -0.15) is 0 Å². The van der Waals surface area contributed by atoms with Crippen molar-refractivity contribution in [3.63, 3.8) is 0 Å². The molecule has 0 aromatic rings. The zero-order chi connectivity index (χ0) is 7.82. The Labute approximate surface area is 63.6 Å². The topological polar surface area (TPSA) is 29.1 Å². The molecule has 0 aromatic heterocycles. The van der Waals surface area contributed by atoms with Crippen molar-refractivity contribution >= 4 is 13.5 Å². The maximum atomic E-state index is 9.89. The molecule has 0 unspecified atom stereocenters. The van der Waals surface area contributed by atoms with Crippen LogP contribution in [0.5, 0.6) is 0 Å². The summed E-state index contributed by atoms with van der Waals surface area (Å²) in [6.07, 6.45) is 3.94. The van der Waals surface area contributed by atoms with E-state index in [1.54, 1.807) is 7.28 Å². The van der Waals surface area contributed by atoms with Gasteiger partial charge in [-0.1, -0.05) is 13.2 Å². The first-order chi connectivity index (χ1) is 4.85. The average Bonchev–Trinajstić information content (AvgIpc) is 1.99. The molecule has 0 aliphatic carbocycles. The molecule has 10 heavy (non-hydrogen) atoms. The third-order valence-electron chi connectivity index (χ3n) is 1.68. The third-order valence-corrected chi connectivity index (χ3v) is 1.68. The minimum Gasteiger partial charge on any atom is -0.317 e. The minimum absolute atomic E-state index is 0.566. The van der Waals surface area contributed by atoms with Gasteiger partial charge in [0.15, 0.2) is 7.28 Å². The number of rotatable bonds is 6. The summed E-state index contributed by atoms with van der Waals surface area (Å²) in [4.78, 5) is 9.89. The summed E-state index contributed by atoms with van der Waals surface area (Å²) in [5, 5.41) is 3.17. The van der Waals surface area contributed by atoms with Crippen molar-refractivity contribution in [1.82, 2.24) is 5.32 Å². The smallest absolute Gasteiger partial charge is 0.197 e. The molecule has 1 atom stereocenters. The van der Waals surface area contributed by atoms with Gasteiger partial charge in [-0.25, -0.2) is 0 Å². The molecule has 1 N–H and O–H groups in total. The van der Waals surface area contributed by atoms with E-state index < -0.39 is 0 Å². The Morgan fingerprint density at radius 1 is 1.70 bits per heavy atom. The maximum Gasteiger partial charge on any atom is 0.197 e. The number of nitrogens with one attached hydrogen (secondary N) is 1. The van der Waals surface area contributed by atoms with Crippen molar-refractivity contribution in [3.8, 4) is 0 Å². The zero-order valence-electron chi connectivity index (χ0n) is 6.76. The van der Waals surface area contributed by atoms with Crippen LogP contribution in [0.4, 0.5) is 0 Å². The second-order valence-corrected chi connectivity index (χ2v) is 2.34. The van der Waals surface area contributed by atoms with Gasteiger partial charge in [-0.15, -0.1) is 0 Å². The molecule has 0 saturated heterocycles. The third kappa shape index (κ3) is 4.56. The van der Waals surface area contributed by atoms with E-state index in [9.17, 15) is 4.79 Å². The molecule has 0 heterocycles. The van der Waals surface area contributed by atoms with Gasteiger partial charge in [0.1, 0.15) is 0 Å². The largest absolute Gasteiger partial charge is 0.317 e. The van der Waals surface area contributed by atoms with Crippen LogP contribution in [0.3, 0.4) is 0 Å². The molecule has 1 radical (unpaired) electrons. The summed E-state index contributed by atoms with van der Waals surface area (Å²) in [5.41, 5.74) is 0. The summed E-state index contributed by atoms with van der Waals surface area (Å²) in [6.45, 7) is 2.14. The van der Waals surface area contributed by atoms with Crippen LogP contribution >= 0.6 is 0 Å². The quantitative estimate of drug-likeness (QED) is 0.334. The summed E-state index contributed by atoms with van der Waals surface area (Å²) in [5.74, 6) is 0. The Morgan fingerprint density at radius 3 is 2.80 bits per heavy atom. The highest BCUT2D eigenvalue weighted by atomic mass is 16.1. The lowest BCUT2D eigenvalue weighted by Crippen LogP contribution is -2.24. The van der Waals surface area contributed by atoms with E-state index in [4.69, 9.17) is 0 Å². The van der Waals surface area contributed by atoms with Crippen molar-refractivity contribution in [2.45, 2.75) is 32.1 Å². The second-order valence-electron chi connectivity index (χ2n) is 2.34. The van der Waals surface area contributed by atoms with Gasteiger partial charge in [-0.05, 0) is 19.9 Å². The molecule has 57 valence electrons. The molecular weight excluding hydrogens is 125 g/mol. The summed E-state index contributed by atoms with van der Waals surface area (Å²) in [6, 6.07) is 0.566. The predicted molar refractivity (Wildman–Crippen MR) is 45.1 cm³/mol. The van der Waals surface area contributed by atoms with E-state index >= 15 is 0 Å². The number of carbonyl (C=O) groups excluding carboxylic acids is 1. The molecule has 0 bridgehead atoms. The zero-order valence-corrected chi connectivity index (χ0v) is 6.76. The molecule has 0 fully saturated rings. The van der Waals surface area contributed by atoms with E-state index in [1.807, 2.05) is 7.05 Å². The van der Waals surface area contributed by atoms with Gasteiger partial charge in [0.2, 0.25) is 0 Å². The van der Waals surface area contributed by atoms with Gasteiger partial charge < -0.3 is 10.1 Å². The highest BCUT2D eigenvalue weighted by molar-refractivity contribution is 6.66. The average molecular weight is 140 g/mol. The summed E-state index contributed by atoms with van der Waals surface area (Å²) < 4.78 is 0. The lowest BCUT2D eigenvalue weighted by molar-refractivity contribution is 0.529. The van der Waals surface area contributed by atoms with E-state index in [0.717, 1.165) is 25.3 Å². The van der Waals surface area contributed by atoms with E-state index in [0.29, 0.717) is 6.04 Å². The van der Waals surface area contributed by atoms with Crippen LogP contribution in [0.15, 0.2) is 0 Å². The van der Waals surface area contributed by atoms with E-state index in [2.05, 4.69) is 12.2 Å². The molecule has 0 saturated carbocycles. The minimum atomic E-state index is 0.566. The number of carbonyl (C=O) groups is 1. The lowest BCUT2D eigenvalue weighted by Gasteiger charge is -2.11. The monoisotopic (exact) mass is 140 g/mol. The Morgan fingerprint density at radius 2 is 2.40 bits per heavy atom. The molecule has 0 rings (SSSR count). The first-order valence-electron chi connectivity index (χ1n) is 3.79. The van der Waals surface area contributed by atoms with Gasteiger partial charge in [-0.3, -0.25) is 0 Å². The standard InChI is InChI=1S/C7H15BNO/c1-3-7(9-2)4-5-8-6-10/h6-7,9H,3-5H2,1-2H3/t7-/m1/s1. The van der Waals surface area contributed by atoms with Crippen LogP contribution in [0.25, 0.3) is 0 Å². The van der Waals surface area contributed by atoms with Crippen molar-refractivity contribution in [3.05, 3.63) is 0 Å². The van der Waals surface area contributed by atoms with Crippen LogP contribution in [0.2, 0.25) is 6.32 Å². The second kappa shape index (κ2) is 6.81. The highest BCUT2D eigenvalue weighted by Gasteiger charge is 2.01. The van der Waals surface area contributed by atoms with Crippen molar-refractivity contribution < 1.29 is 4.79 Å². The fourth-order valence-corrected chi connectivity index (χ4v) is 0.918. The molecular formula is C7H15BNO. The lowest BCUT2D eigenvalue weighted by atomic mass is 9.74. The molecule has 0 aromatic carbocycles. The summed E-state index contributed by atoms with van der Waals surface area (Å²) in [7, 11) is 3.62. The Kier molecular flexibility index (Phi) is 6.60. The fraction of sp³-hybridized carbons (Fsp3) is 0.857.